The zero-order valence-corrected chi connectivity index (χ0v) is 16.5. The average Bonchev–Trinajstić information content (AvgIpc) is 3.23. The van der Waals surface area contributed by atoms with Crippen molar-refractivity contribution >= 4 is 33.0 Å². The van der Waals surface area contributed by atoms with Crippen molar-refractivity contribution in [2.45, 2.75) is 17.2 Å². The third-order valence-corrected chi connectivity index (χ3v) is 7.87. The molecule has 7 nitrogen and oxygen atoms in total. The minimum absolute atomic E-state index is 0.215. The second-order valence-corrected chi connectivity index (χ2v) is 9.31. The number of rotatable bonds is 5. The van der Waals surface area contributed by atoms with E-state index in [0.717, 1.165) is 0 Å². The summed E-state index contributed by atoms with van der Waals surface area (Å²) in [7, 11) is -3.46. The number of nitriles is 1. The predicted octanol–water partition coefficient (Wildman–Crippen LogP) is 1.95. The van der Waals surface area contributed by atoms with Crippen LogP contribution in [-0.4, -0.2) is 55.8 Å². The third-order valence-electron chi connectivity index (χ3n) is 4.60. The predicted molar refractivity (Wildman–Crippen MR) is 104 cm³/mol. The molecule has 1 aromatic carbocycles. The zero-order chi connectivity index (χ0) is 19.4. The maximum atomic E-state index is 12.6. The number of piperazine rings is 1. The van der Waals surface area contributed by atoms with Crippen molar-refractivity contribution < 1.29 is 13.2 Å². The summed E-state index contributed by atoms with van der Waals surface area (Å²) in [5.74, 6) is -0.215. The smallest absolute Gasteiger partial charge is 0.252 e. The second kappa shape index (κ2) is 8.19. The molecule has 1 saturated heterocycles. The Bertz CT molecular complexity index is 943. The fourth-order valence-corrected chi connectivity index (χ4v) is 5.53. The Hall–Kier alpha value is -2.25. The van der Waals surface area contributed by atoms with Crippen LogP contribution in [0.2, 0.25) is 0 Å². The Morgan fingerprint density at radius 2 is 1.89 bits per heavy atom. The maximum Gasteiger partial charge on any atom is 0.252 e. The van der Waals surface area contributed by atoms with Crippen LogP contribution in [0.3, 0.4) is 0 Å². The van der Waals surface area contributed by atoms with E-state index in [2.05, 4.69) is 11.4 Å². The van der Waals surface area contributed by atoms with E-state index in [9.17, 15) is 13.2 Å². The van der Waals surface area contributed by atoms with Gasteiger partial charge in [-0.2, -0.15) is 9.57 Å². The molecule has 3 rings (SSSR count). The molecular weight excluding hydrogens is 384 g/mol. The summed E-state index contributed by atoms with van der Waals surface area (Å²) < 4.78 is 27.0. The van der Waals surface area contributed by atoms with Crippen LogP contribution < -0.4 is 5.32 Å². The molecule has 0 saturated carbocycles. The Morgan fingerprint density at radius 1 is 1.19 bits per heavy atom. The van der Waals surface area contributed by atoms with E-state index in [-0.39, 0.29) is 5.91 Å². The lowest BCUT2D eigenvalue weighted by molar-refractivity contribution is -0.121. The number of hydrogen-bond donors (Lipinski definition) is 1. The molecule has 1 N–H and O–H groups in total. The summed E-state index contributed by atoms with van der Waals surface area (Å²) in [6, 6.07) is 11.8. The van der Waals surface area contributed by atoms with Crippen molar-refractivity contribution in [3.8, 4) is 6.07 Å². The van der Waals surface area contributed by atoms with Gasteiger partial charge in [0.05, 0.1) is 17.3 Å². The minimum atomic E-state index is -3.46. The Morgan fingerprint density at radius 3 is 2.52 bits per heavy atom. The van der Waals surface area contributed by atoms with Crippen LogP contribution in [0.1, 0.15) is 12.5 Å². The Kier molecular flexibility index (Phi) is 5.92. The van der Waals surface area contributed by atoms with E-state index in [1.54, 1.807) is 48.7 Å². The molecule has 0 unspecified atom stereocenters. The van der Waals surface area contributed by atoms with Crippen LogP contribution in [0.5, 0.6) is 0 Å². The highest BCUT2D eigenvalue weighted by Crippen LogP contribution is 2.22. The standard InChI is InChI=1S/C18H20N4O3S2/c1-14(18(23)20-16-6-3-2-5-15(16)13-19)21-8-10-22(11-9-21)27(24,25)17-7-4-12-26-17/h2-7,12,14H,8-11H2,1H3,(H,20,23)/t14-/m1/s1. The summed E-state index contributed by atoms with van der Waals surface area (Å²) in [6.45, 7) is 3.41. The van der Waals surface area contributed by atoms with Gasteiger partial charge in [-0.1, -0.05) is 18.2 Å². The number of nitrogens with zero attached hydrogens (tertiary/aromatic N) is 3. The SMILES string of the molecule is C[C@H](C(=O)Nc1ccccc1C#N)N1CCN(S(=O)(=O)c2cccs2)CC1. The summed E-state index contributed by atoms with van der Waals surface area (Å²) in [4.78, 5) is 14.5. The Labute approximate surface area is 162 Å². The van der Waals surface area contributed by atoms with Gasteiger partial charge in [0, 0.05) is 26.2 Å². The number of hydrogen-bond acceptors (Lipinski definition) is 6. The van der Waals surface area contributed by atoms with Crippen LogP contribution in [0, 0.1) is 11.3 Å². The lowest BCUT2D eigenvalue weighted by Gasteiger charge is -2.36. The number of amides is 1. The van der Waals surface area contributed by atoms with Crippen LogP contribution in [0.15, 0.2) is 46.0 Å². The quantitative estimate of drug-likeness (QED) is 0.822. The van der Waals surface area contributed by atoms with Gasteiger partial charge >= 0.3 is 0 Å². The van der Waals surface area contributed by atoms with Gasteiger partial charge in [0.25, 0.3) is 10.0 Å². The molecule has 9 heteroatoms. The summed E-state index contributed by atoms with van der Waals surface area (Å²) in [6.07, 6.45) is 0. The molecule has 27 heavy (non-hydrogen) atoms. The highest BCUT2D eigenvalue weighted by Gasteiger charge is 2.32. The van der Waals surface area contributed by atoms with Crippen molar-refractivity contribution in [3.63, 3.8) is 0 Å². The van der Waals surface area contributed by atoms with Gasteiger partial charge in [-0.05, 0) is 30.5 Å². The number of anilines is 1. The average molecular weight is 405 g/mol. The second-order valence-electron chi connectivity index (χ2n) is 6.19. The lowest BCUT2D eigenvalue weighted by atomic mass is 10.1. The third kappa shape index (κ3) is 4.20. The van der Waals surface area contributed by atoms with Crippen molar-refractivity contribution in [3.05, 3.63) is 47.3 Å². The molecule has 142 valence electrons. The molecule has 1 fully saturated rings. The molecule has 2 heterocycles. The van der Waals surface area contributed by atoms with Gasteiger partial charge in [-0.25, -0.2) is 8.42 Å². The summed E-state index contributed by atoms with van der Waals surface area (Å²) >= 11 is 1.21. The lowest BCUT2D eigenvalue weighted by Crippen LogP contribution is -2.53. The molecule has 0 spiro atoms. The monoisotopic (exact) mass is 404 g/mol. The summed E-state index contributed by atoms with van der Waals surface area (Å²) in [5, 5.41) is 13.7. The number of thiophene rings is 1. The van der Waals surface area contributed by atoms with Crippen LogP contribution in [-0.2, 0) is 14.8 Å². The van der Waals surface area contributed by atoms with E-state index < -0.39 is 16.1 Å². The fraction of sp³-hybridized carbons (Fsp3) is 0.333. The van der Waals surface area contributed by atoms with Crippen LogP contribution in [0.4, 0.5) is 5.69 Å². The number of carbonyl (C=O) groups excluding carboxylic acids is 1. The molecule has 0 bridgehead atoms. The van der Waals surface area contributed by atoms with Gasteiger partial charge in [-0.15, -0.1) is 11.3 Å². The van der Waals surface area contributed by atoms with Crippen molar-refractivity contribution in [2.24, 2.45) is 0 Å². The fourth-order valence-electron chi connectivity index (χ4n) is 2.96. The van der Waals surface area contributed by atoms with E-state index in [1.807, 2.05) is 4.90 Å². The molecule has 2 aromatic rings. The van der Waals surface area contributed by atoms with E-state index in [1.165, 1.54) is 15.6 Å². The topological polar surface area (TPSA) is 93.5 Å². The number of benzene rings is 1. The van der Waals surface area contributed by atoms with E-state index in [4.69, 9.17) is 5.26 Å². The van der Waals surface area contributed by atoms with Gasteiger partial charge in [0.1, 0.15) is 10.3 Å². The normalized spacial score (nSPS) is 17.2. The molecule has 1 amide bonds. The number of nitrogens with one attached hydrogen (secondary N) is 1. The molecule has 1 aromatic heterocycles. The van der Waals surface area contributed by atoms with Crippen molar-refractivity contribution in [2.75, 3.05) is 31.5 Å². The first-order chi connectivity index (χ1) is 12.9. The largest absolute Gasteiger partial charge is 0.324 e. The van der Waals surface area contributed by atoms with E-state index >= 15 is 0 Å². The first-order valence-electron chi connectivity index (χ1n) is 8.51. The molecule has 0 aliphatic carbocycles. The highest BCUT2D eigenvalue weighted by atomic mass is 32.2. The highest BCUT2D eigenvalue weighted by molar-refractivity contribution is 7.91. The molecule has 1 atom stereocenters. The number of carbonyl (C=O) groups is 1. The molecule has 1 aliphatic heterocycles. The Balaban J connectivity index is 1.61. The van der Waals surface area contributed by atoms with Crippen LogP contribution in [0.25, 0.3) is 0 Å². The van der Waals surface area contributed by atoms with Gasteiger partial charge in [0.2, 0.25) is 5.91 Å². The molecule has 0 radical (unpaired) electrons. The van der Waals surface area contributed by atoms with E-state index in [0.29, 0.717) is 41.6 Å². The first-order valence-corrected chi connectivity index (χ1v) is 10.8. The molecule has 1 aliphatic rings. The summed E-state index contributed by atoms with van der Waals surface area (Å²) in [5.41, 5.74) is 0.890. The molecular formula is C18H20N4O3S2. The van der Waals surface area contributed by atoms with Crippen LogP contribution >= 0.6 is 11.3 Å². The maximum absolute atomic E-state index is 12.6. The van der Waals surface area contributed by atoms with Crippen molar-refractivity contribution in [1.29, 1.82) is 5.26 Å². The van der Waals surface area contributed by atoms with Gasteiger partial charge < -0.3 is 5.32 Å². The van der Waals surface area contributed by atoms with Gasteiger partial charge in [0.15, 0.2) is 0 Å². The number of sulfonamides is 1. The van der Waals surface area contributed by atoms with Gasteiger partial charge in [-0.3, -0.25) is 9.69 Å². The zero-order valence-electron chi connectivity index (χ0n) is 14.8. The minimum Gasteiger partial charge on any atom is -0.324 e. The van der Waals surface area contributed by atoms with Crippen molar-refractivity contribution in [1.82, 2.24) is 9.21 Å². The number of para-hydroxylation sites is 1. The first kappa shape index (κ1) is 19.5.